The van der Waals surface area contributed by atoms with Gasteiger partial charge in [0.2, 0.25) is 5.91 Å². The summed E-state index contributed by atoms with van der Waals surface area (Å²) in [7, 11) is 0. The average molecular weight is 278 g/mol. The zero-order valence-electron chi connectivity index (χ0n) is 12.4. The number of alkyl carbamates (subject to hydrolysis) is 1. The van der Waals surface area contributed by atoms with Crippen LogP contribution in [0, 0.1) is 6.92 Å². The summed E-state index contributed by atoms with van der Waals surface area (Å²) >= 11 is 0. The van der Waals surface area contributed by atoms with Crippen molar-refractivity contribution in [2.75, 3.05) is 11.9 Å². The number of para-hydroxylation sites is 1. The van der Waals surface area contributed by atoms with Gasteiger partial charge in [-0.3, -0.25) is 4.79 Å². The van der Waals surface area contributed by atoms with Crippen molar-refractivity contribution < 1.29 is 14.3 Å². The van der Waals surface area contributed by atoms with Gasteiger partial charge < -0.3 is 15.4 Å². The van der Waals surface area contributed by atoms with Gasteiger partial charge in [0.15, 0.2) is 0 Å². The maximum atomic E-state index is 11.7. The molecular formula is C15H22N2O3. The molecule has 0 aliphatic heterocycles. The number of carbonyl (C=O) groups is 2. The summed E-state index contributed by atoms with van der Waals surface area (Å²) in [5.41, 5.74) is 1.25. The van der Waals surface area contributed by atoms with E-state index >= 15 is 0 Å². The molecule has 0 saturated heterocycles. The summed E-state index contributed by atoms with van der Waals surface area (Å²) in [5.74, 6) is -0.143. The summed E-state index contributed by atoms with van der Waals surface area (Å²) < 4.78 is 5.08. The topological polar surface area (TPSA) is 67.4 Å². The predicted octanol–water partition coefficient (Wildman–Crippen LogP) is 2.85. The first kappa shape index (κ1) is 16.0. The fraction of sp³-hybridized carbons (Fsp3) is 0.467. The van der Waals surface area contributed by atoms with Crippen LogP contribution in [0.4, 0.5) is 10.5 Å². The molecular weight excluding hydrogens is 256 g/mol. The minimum absolute atomic E-state index is 0.143. The Morgan fingerprint density at radius 2 is 1.85 bits per heavy atom. The molecule has 0 aliphatic carbocycles. The van der Waals surface area contributed by atoms with E-state index in [0.717, 1.165) is 11.3 Å². The Hall–Kier alpha value is -2.04. The zero-order chi connectivity index (χ0) is 15.2. The molecule has 0 fully saturated rings. The van der Waals surface area contributed by atoms with Crippen LogP contribution in [0.2, 0.25) is 0 Å². The number of aryl methyl sites for hydroxylation is 1. The van der Waals surface area contributed by atoms with E-state index < -0.39 is 11.7 Å². The second-order valence-corrected chi connectivity index (χ2v) is 5.54. The monoisotopic (exact) mass is 278 g/mol. The van der Waals surface area contributed by atoms with E-state index in [1.54, 1.807) is 20.8 Å². The molecule has 2 N–H and O–H groups in total. The number of ether oxygens (including phenoxy) is 1. The van der Waals surface area contributed by atoms with Gasteiger partial charge in [-0.15, -0.1) is 0 Å². The average Bonchev–Trinajstić information content (AvgIpc) is 2.29. The normalized spacial score (nSPS) is 10.8. The van der Waals surface area contributed by atoms with Crippen molar-refractivity contribution >= 4 is 17.7 Å². The van der Waals surface area contributed by atoms with Gasteiger partial charge in [-0.05, 0) is 39.3 Å². The number of anilines is 1. The third-order valence-corrected chi connectivity index (χ3v) is 2.44. The van der Waals surface area contributed by atoms with Gasteiger partial charge in [0.1, 0.15) is 5.60 Å². The minimum Gasteiger partial charge on any atom is -0.444 e. The van der Waals surface area contributed by atoms with Gasteiger partial charge >= 0.3 is 6.09 Å². The SMILES string of the molecule is Cc1ccccc1NC(=O)CCNC(=O)OC(C)(C)C. The Labute approximate surface area is 119 Å². The molecule has 2 amide bonds. The van der Waals surface area contributed by atoms with Crippen LogP contribution >= 0.6 is 0 Å². The predicted molar refractivity (Wildman–Crippen MR) is 78.7 cm³/mol. The lowest BCUT2D eigenvalue weighted by molar-refractivity contribution is -0.116. The van der Waals surface area contributed by atoms with Crippen LogP contribution in [0.1, 0.15) is 32.8 Å². The molecule has 1 aromatic rings. The number of nitrogens with one attached hydrogen (secondary N) is 2. The van der Waals surface area contributed by atoms with Crippen molar-refractivity contribution in [2.45, 2.75) is 39.7 Å². The Balaban J connectivity index is 2.31. The summed E-state index contributed by atoms with van der Waals surface area (Å²) in [6.45, 7) is 7.54. The van der Waals surface area contributed by atoms with E-state index in [1.165, 1.54) is 0 Å². The van der Waals surface area contributed by atoms with E-state index in [0.29, 0.717) is 0 Å². The lowest BCUT2D eigenvalue weighted by atomic mass is 10.2. The van der Waals surface area contributed by atoms with Gasteiger partial charge in [-0.1, -0.05) is 18.2 Å². The molecule has 0 bridgehead atoms. The lowest BCUT2D eigenvalue weighted by Crippen LogP contribution is -2.34. The van der Waals surface area contributed by atoms with Crippen LogP contribution in [0.3, 0.4) is 0 Å². The van der Waals surface area contributed by atoms with Crippen LogP contribution in [0.5, 0.6) is 0 Å². The molecule has 0 aliphatic rings. The first-order valence-electron chi connectivity index (χ1n) is 6.60. The first-order valence-corrected chi connectivity index (χ1v) is 6.60. The Bertz CT molecular complexity index is 478. The van der Waals surface area contributed by atoms with Gasteiger partial charge in [-0.25, -0.2) is 4.79 Å². The minimum atomic E-state index is -0.534. The zero-order valence-corrected chi connectivity index (χ0v) is 12.4. The Morgan fingerprint density at radius 1 is 1.20 bits per heavy atom. The van der Waals surface area contributed by atoms with E-state index in [-0.39, 0.29) is 18.9 Å². The van der Waals surface area contributed by atoms with Crippen LogP contribution in [0.25, 0.3) is 0 Å². The highest BCUT2D eigenvalue weighted by Crippen LogP contribution is 2.13. The van der Waals surface area contributed by atoms with Crippen LogP contribution in [-0.2, 0) is 9.53 Å². The number of carbonyl (C=O) groups excluding carboxylic acids is 2. The van der Waals surface area contributed by atoms with Crippen molar-refractivity contribution in [1.29, 1.82) is 0 Å². The standard InChI is InChI=1S/C15H22N2O3/c1-11-7-5-6-8-12(11)17-13(18)9-10-16-14(19)20-15(2,3)4/h5-8H,9-10H2,1-4H3,(H,16,19)(H,17,18). The number of hydrogen-bond acceptors (Lipinski definition) is 3. The van der Waals surface area contributed by atoms with Crippen molar-refractivity contribution in [3.8, 4) is 0 Å². The number of rotatable bonds is 4. The number of hydrogen-bond donors (Lipinski definition) is 2. The van der Waals surface area contributed by atoms with Crippen molar-refractivity contribution in [3.63, 3.8) is 0 Å². The van der Waals surface area contributed by atoms with Crippen LogP contribution < -0.4 is 10.6 Å². The molecule has 0 unspecified atom stereocenters. The summed E-state index contributed by atoms with van der Waals surface area (Å²) in [4.78, 5) is 23.1. The third-order valence-electron chi connectivity index (χ3n) is 2.44. The van der Waals surface area contributed by atoms with Gasteiger partial charge in [-0.2, -0.15) is 0 Å². The molecule has 20 heavy (non-hydrogen) atoms. The molecule has 0 spiro atoms. The molecule has 5 nitrogen and oxygen atoms in total. The van der Waals surface area contributed by atoms with E-state index in [9.17, 15) is 9.59 Å². The maximum Gasteiger partial charge on any atom is 0.407 e. The molecule has 0 saturated carbocycles. The first-order chi connectivity index (χ1) is 9.28. The molecule has 1 aromatic carbocycles. The maximum absolute atomic E-state index is 11.7. The summed E-state index contributed by atoms with van der Waals surface area (Å²) in [6, 6.07) is 7.54. The Morgan fingerprint density at radius 3 is 2.45 bits per heavy atom. The van der Waals surface area contributed by atoms with Gasteiger partial charge in [0, 0.05) is 18.7 Å². The molecule has 110 valence electrons. The molecule has 0 radical (unpaired) electrons. The molecule has 0 atom stereocenters. The highest BCUT2D eigenvalue weighted by atomic mass is 16.6. The summed E-state index contributed by atoms with van der Waals surface area (Å²) in [6.07, 6.45) is -0.311. The largest absolute Gasteiger partial charge is 0.444 e. The van der Waals surface area contributed by atoms with Crippen LogP contribution in [0.15, 0.2) is 24.3 Å². The van der Waals surface area contributed by atoms with Gasteiger partial charge in [0.05, 0.1) is 0 Å². The van der Waals surface area contributed by atoms with Gasteiger partial charge in [0.25, 0.3) is 0 Å². The highest BCUT2D eigenvalue weighted by molar-refractivity contribution is 5.91. The highest BCUT2D eigenvalue weighted by Gasteiger charge is 2.15. The smallest absolute Gasteiger partial charge is 0.407 e. The molecule has 0 aromatic heterocycles. The second-order valence-electron chi connectivity index (χ2n) is 5.54. The fourth-order valence-electron chi connectivity index (χ4n) is 1.52. The second kappa shape index (κ2) is 6.93. The lowest BCUT2D eigenvalue weighted by Gasteiger charge is -2.19. The van der Waals surface area contributed by atoms with E-state index in [2.05, 4.69) is 10.6 Å². The summed E-state index contributed by atoms with van der Waals surface area (Å²) in [5, 5.41) is 5.35. The number of benzene rings is 1. The fourth-order valence-corrected chi connectivity index (χ4v) is 1.52. The van der Waals surface area contributed by atoms with E-state index in [4.69, 9.17) is 4.74 Å². The molecule has 1 rings (SSSR count). The molecule has 5 heteroatoms. The van der Waals surface area contributed by atoms with E-state index in [1.807, 2.05) is 31.2 Å². The quantitative estimate of drug-likeness (QED) is 0.890. The van der Waals surface area contributed by atoms with Crippen molar-refractivity contribution in [3.05, 3.63) is 29.8 Å². The van der Waals surface area contributed by atoms with Crippen molar-refractivity contribution in [1.82, 2.24) is 5.32 Å². The number of amides is 2. The van der Waals surface area contributed by atoms with Crippen molar-refractivity contribution in [2.24, 2.45) is 0 Å². The Kier molecular flexibility index (Phi) is 5.55. The third kappa shape index (κ3) is 6.22. The molecule has 0 heterocycles. The van der Waals surface area contributed by atoms with Crippen LogP contribution in [-0.4, -0.2) is 24.1 Å².